The number of amides is 1. The first-order valence-electron chi connectivity index (χ1n) is 10.3. The van der Waals surface area contributed by atoms with Crippen molar-refractivity contribution in [2.24, 2.45) is 0 Å². The fourth-order valence-corrected chi connectivity index (χ4v) is 4.10. The molecule has 1 amide bonds. The van der Waals surface area contributed by atoms with Gasteiger partial charge < -0.3 is 14.8 Å². The van der Waals surface area contributed by atoms with Gasteiger partial charge in [0.15, 0.2) is 5.75 Å². The van der Waals surface area contributed by atoms with E-state index in [4.69, 9.17) is 9.47 Å². The average molecular weight is 455 g/mol. The lowest BCUT2D eigenvalue weighted by Gasteiger charge is -2.14. The highest BCUT2D eigenvalue weighted by Crippen LogP contribution is 2.31. The summed E-state index contributed by atoms with van der Waals surface area (Å²) in [6, 6.07) is 18.7. The molecular formula is C24H26N2O5S. The van der Waals surface area contributed by atoms with Crippen molar-refractivity contribution >= 4 is 21.6 Å². The molecule has 3 rings (SSSR count). The third-order valence-corrected chi connectivity index (χ3v) is 6.14. The molecule has 0 saturated carbocycles. The Hall–Kier alpha value is -3.36. The summed E-state index contributed by atoms with van der Waals surface area (Å²) in [5.74, 6) is 1.35. The molecule has 0 bridgehead atoms. The van der Waals surface area contributed by atoms with Gasteiger partial charge in [-0.3, -0.25) is 4.79 Å². The molecule has 0 unspecified atom stereocenters. The smallest absolute Gasteiger partial charge is 0.256 e. The van der Waals surface area contributed by atoms with Gasteiger partial charge in [0.05, 0.1) is 17.2 Å². The number of carbonyl (C=O) groups excluding carboxylic acids is 1. The molecular weight excluding hydrogens is 428 g/mol. The molecule has 0 spiro atoms. The van der Waals surface area contributed by atoms with Gasteiger partial charge in [-0.05, 0) is 67.9 Å². The highest BCUT2D eigenvalue weighted by molar-refractivity contribution is 7.89. The molecule has 0 aliphatic heterocycles. The van der Waals surface area contributed by atoms with Gasteiger partial charge in [0.25, 0.3) is 5.91 Å². The maximum absolute atomic E-state index is 13.0. The van der Waals surface area contributed by atoms with Crippen molar-refractivity contribution in [1.29, 1.82) is 0 Å². The van der Waals surface area contributed by atoms with E-state index in [1.807, 2.05) is 6.92 Å². The number of benzene rings is 3. The Morgan fingerprint density at radius 2 is 1.62 bits per heavy atom. The first-order chi connectivity index (χ1) is 15.3. The predicted molar refractivity (Wildman–Crippen MR) is 124 cm³/mol. The van der Waals surface area contributed by atoms with Crippen LogP contribution in [0.5, 0.6) is 17.2 Å². The number of anilines is 1. The molecule has 7 nitrogen and oxygen atoms in total. The maximum Gasteiger partial charge on any atom is 0.256 e. The second kappa shape index (κ2) is 10.3. The molecule has 0 aromatic heterocycles. The topological polar surface area (TPSA) is 93.7 Å². The number of carbonyl (C=O) groups is 1. The van der Waals surface area contributed by atoms with Crippen molar-refractivity contribution in [1.82, 2.24) is 4.72 Å². The number of rotatable bonds is 9. The highest BCUT2D eigenvalue weighted by Gasteiger charge is 2.18. The van der Waals surface area contributed by atoms with Crippen LogP contribution in [0.4, 0.5) is 5.69 Å². The molecule has 168 valence electrons. The van der Waals surface area contributed by atoms with Crippen LogP contribution < -0.4 is 19.5 Å². The van der Waals surface area contributed by atoms with Crippen LogP contribution in [0.15, 0.2) is 71.6 Å². The average Bonchev–Trinajstić information content (AvgIpc) is 2.76. The molecule has 0 fully saturated rings. The zero-order chi connectivity index (χ0) is 23.1. The summed E-state index contributed by atoms with van der Waals surface area (Å²) in [4.78, 5) is 13.0. The number of hydrogen-bond donors (Lipinski definition) is 2. The Bertz CT molecular complexity index is 1190. The standard InChI is InChI=1S/C24H26N2O5S/c1-4-25-32(28,29)20-15-10-17(3)21(16-20)24(27)26-22-8-6-7-9-23(22)31-19-13-11-18(12-14-19)30-5-2/h6-16,25H,4-5H2,1-3H3,(H,26,27). The quantitative estimate of drug-likeness (QED) is 0.487. The van der Waals surface area contributed by atoms with Crippen LogP contribution in [-0.2, 0) is 10.0 Å². The lowest BCUT2D eigenvalue weighted by Crippen LogP contribution is -2.24. The van der Waals surface area contributed by atoms with Crippen LogP contribution in [0.2, 0.25) is 0 Å². The van der Waals surface area contributed by atoms with Crippen molar-refractivity contribution in [3.05, 3.63) is 77.9 Å². The monoisotopic (exact) mass is 454 g/mol. The Kier molecular flexibility index (Phi) is 7.50. The largest absolute Gasteiger partial charge is 0.494 e. The second-order valence-electron chi connectivity index (χ2n) is 6.93. The van der Waals surface area contributed by atoms with E-state index in [-0.39, 0.29) is 17.0 Å². The Labute approximate surface area is 188 Å². The molecule has 0 atom stereocenters. The Balaban J connectivity index is 1.83. The van der Waals surface area contributed by atoms with Crippen LogP contribution in [0, 0.1) is 6.92 Å². The predicted octanol–water partition coefficient (Wildman–Crippen LogP) is 4.74. The number of sulfonamides is 1. The molecule has 3 aromatic rings. The lowest BCUT2D eigenvalue weighted by atomic mass is 10.1. The number of para-hydroxylation sites is 2. The van der Waals surface area contributed by atoms with Crippen molar-refractivity contribution in [3.8, 4) is 17.2 Å². The van der Waals surface area contributed by atoms with Gasteiger partial charge in [-0.1, -0.05) is 25.1 Å². The van der Waals surface area contributed by atoms with E-state index >= 15 is 0 Å². The molecule has 0 saturated heterocycles. The third-order valence-electron chi connectivity index (χ3n) is 4.60. The summed E-state index contributed by atoms with van der Waals surface area (Å²) >= 11 is 0. The van der Waals surface area contributed by atoms with E-state index in [2.05, 4.69) is 10.0 Å². The number of hydrogen-bond acceptors (Lipinski definition) is 5. The number of nitrogens with one attached hydrogen (secondary N) is 2. The highest BCUT2D eigenvalue weighted by atomic mass is 32.2. The molecule has 0 aliphatic carbocycles. The van der Waals surface area contributed by atoms with Gasteiger partial charge in [-0.25, -0.2) is 13.1 Å². The minimum Gasteiger partial charge on any atom is -0.494 e. The Morgan fingerprint density at radius 1 is 0.938 bits per heavy atom. The van der Waals surface area contributed by atoms with Crippen LogP contribution in [0.25, 0.3) is 0 Å². The third kappa shape index (κ3) is 5.66. The molecule has 3 aromatic carbocycles. The van der Waals surface area contributed by atoms with Gasteiger partial charge in [0.1, 0.15) is 11.5 Å². The SMILES string of the molecule is CCNS(=O)(=O)c1ccc(C)c(C(=O)Nc2ccccc2Oc2ccc(OCC)cc2)c1. The van der Waals surface area contributed by atoms with Gasteiger partial charge in [0, 0.05) is 12.1 Å². The van der Waals surface area contributed by atoms with Gasteiger partial charge in [-0.2, -0.15) is 0 Å². The molecule has 2 N–H and O–H groups in total. The summed E-state index contributed by atoms with van der Waals surface area (Å²) in [5.41, 5.74) is 1.38. The fourth-order valence-electron chi connectivity index (χ4n) is 3.03. The maximum atomic E-state index is 13.0. The molecule has 32 heavy (non-hydrogen) atoms. The minimum absolute atomic E-state index is 0.0361. The van der Waals surface area contributed by atoms with E-state index in [1.54, 1.807) is 68.4 Å². The lowest BCUT2D eigenvalue weighted by molar-refractivity contribution is 0.102. The normalized spacial score (nSPS) is 11.1. The van der Waals surface area contributed by atoms with Gasteiger partial charge >= 0.3 is 0 Å². The zero-order valence-corrected chi connectivity index (χ0v) is 19.0. The van der Waals surface area contributed by atoms with E-state index in [1.165, 1.54) is 12.1 Å². The van der Waals surface area contributed by atoms with E-state index < -0.39 is 15.9 Å². The minimum atomic E-state index is -3.68. The first kappa shape index (κ1) is 23.3. The van der Waals surface area contributed by atoms with Gasteiger partial charge in [0.2, 0.25) is 10.0 Å². The van der Waals surface area contributed by atoms with Crippen molar-refractivity contribution < 1.29 is 22.7 Å². The molecule has 0 heterocycles. The van der Waals surface area contributed by atoms with Crippen LogP contribution in [-0.4, -0.2) is 27.5 Å². The summed E-state index contributed by atoms with van der Waals surface area (Å²) < 4.78 is 38.5. The molecule has 8 heteroatoms. The van der Waals surface area contributed by atoms with E-state index in [0.29, 0.717) is 29.4 Å². The summed E-state index contributed by atoms with van der Waals surface area (Å²) in [7, 11) is -3.68. The number of ether oxygens (including phenoxy) is 2. The summed E-state index contributed by atoms with van der Waals surface area (Å²) in [6.45, 7) is 6.19. The number of aryl methyl sites for hydroxylation is 1. The van der Waals surface area contributed by atoms with Crippen molar-refractivity contribution in [2.45, 2.75) is 25.7 Å². The van der Waals surface area contributed by atoms with Crippen LogP contribution in [0.3, 0.4) is 0 Å². The van der Waals surface area contributed by atoms with Gasteiger partial charge in [-0.15, -0.1) is 0 Å². The first-order valence-corrected chi connectivity index (χ1v) is 11.7. The Morgan fingerprint density at radius 3 is 2.31 bits per heavy atom. The van der Waals surface area contributed by atoms with E-state index in [9.17, 15) is 13.2 Å². The van der Waals surface area contributed by atoms with Crippen LogP contribution >= 0.6 is 0 Å². The fraction of sp³-hybridized carbons (Fsp3) is 0.208. The van der Waals surface area contributed by atoms with E-state index in [0.717, 1.165) is 5.75 Å². The second-order valence-corrected chi connectivity index (χ2v) is 8.70. The molecule has 0 aliphatic rings. The van der Waals surface area contributed by atoms with Crippen molar-refractivity contribution in [2.75, 3.05) is 18.5 Å². The van der Waals surface area contributed by atoms with Crippen molar-refractivity contribution in [3.63, 3.8) is 0 Å². The zero-order valence-electron chi connectivity index (χ0n) is 18.2. The summed E-state index contributed by atoms with van der Waals surface area (Å²) in [5, 5.41) is 2.83. The molecule has 0 radical (unpaired) electrons. The summed E-state index contributed by atoms with van der Waals surface area (Å²) in [6.07, 6.45) is 0. The van der Waals surface area contributed by atoms with Crippen LogP contribution in [0.1, 0.15) is 29.8 Å².